The number of ether oxygens (including phenoxy) is 1. The van der Waals surface area contributed by atoms with E-state index in [1.54, 1.807) is 50.9 Å². The Labute approximate surface area is 184 Å². The van der Waals surface area contributed by atoms with Gasteiger partial charge in [0, 0.05) is 35.3 Å². The van der Waals surface area contributed by atoms with Gasteiger partial charge in [-0.1, -0.05) is 17.7 Å². The number of hydrogen-bond acceptors (Lipinski definition) is 7. The standard InChI is InChI=1S/C20H21BClN2O5S/c1-20(2,3)29-15(25)6-21-18(27)16-17(26)12-9-30-10-13(12)24(19(16)28)8-11-4-5-14(22)23-7-11/h4-5,7,26H,6,8-10H2,1-3H3. The highest BCUT2D eigenvalue weighted by atomic mass is 35.5. The van der Waals surface area contributed by atoms with Gasteiger partial charge in [0.05, 0.1) is 6.54 Å². The van der Waals surface area contributed by atoms with E-state index in [0.717, 1.165) is 12.8 Å². The molecule has 1 aliphatic heterocycles. The summed E-state index contributed by atoms with van der Waals surface area (Å²) in [4.78, 5) is 41.8. The summed E-state index contributed by atoms with van der Waals surface area (Å²) >= 11 is 7.37. The zero-order valence-electron chi connectivity index (χ0n) is 16.9. The van der Waals surface area contributed by atoms with Crippen molar-refractivity contribution in [2.45, 2.75) is 50.7 Å². The number of esters is 1. The van der Waals surface area contributed by atoms with E-state index in [2.05, 4.69) is 4.98 Å². The van der Waals surface area contributed by atoms with Crippen LogP contribution in [0.3, 0.4) is 0 Å². The third-order valence-corrected chi connectivity index (χ3v) is 5.58. The number of pyridine rings is 2. The molecular weight excluding hydrogens is 427 g/mol. The molecule has 0 fully saturated rings. The Bertz CT molecular complexity index is 1050. The lowest BCUT2D eigenvalue weighted by Gasteiger charge is -2.19. The molecular formula is C20H21BClN2O5S. The monoisotopic (exact) mass is 447 g/mol. The topological polar surface area (TPSA) is 98.5 Å². The van der Waals surface area contributed by atoms with Crippen molar-refractivity contribution < 1.29 is 19.4 Å². The summed E-state index contributed by atoms with van der Waals surface area (Å²) in [5.74, 6) is 0.151. The first-order chi connectivity index (χ1) is 14.1. The Morgan fingerprint density at radius 2 is 2.07 bits per heavy atom. The number of carbonyl (C=O) groups is 2. The van der Waals surface area contributed by atoms with Crippen LogP contribution in [0.1, 0.15) is 48.0 Å². The smallest absolute Gasteiger partial charge is 0.298 e. The summed E-state index contributed by atoms with van der Waals surface area (Å²) in [6.45, 7) is 5.36. The average Bonchev–Trinajstić information content (AvgIpc) is 3.14. The predicted molar refractivity (Wildman–Crippen MR) is 116 cm³/mol. The Kier molecular flexibility index (Phi) is 6.62. The molecule has 1 radical (unpaired) electrons. The maximum atomic E-state index is 13.1. The highest BCUT2D eigenvalue weighted by Gasteiger charge is 2.29. The van der Waals surface area contributed by atoms with E-state index < -0.39 is 22.8 Å². The molecule has 0 atom stereocenters. The summed E-state index contributed by atoms with van der Waals surface area (Å²) in [5, 5.41) is 11.0. The highest BCUT2D eigenvalue weighted by molar-refractivity contribution is 7.98. The van der Waals surface area contributed by atoms with Crippen LogP contribution in [0.15, 0.2) is 23.1 Å². The van der Waals surface area contributed by atoms with Crippen molar-refractivity contribution in [1.29, 1.82) is 0 Å². The fraction of sp³-hybridized carbons (Fsp3) is 0.400. The molecule has 2 aromatic rings. The van der Waals surface area contributed by atoms with Gasteiger partial charge in [-0.05, 0) is 32.4 Å². The van der Waals surface area contributed by atoms with Gasteiger partial charge in [-0.3, -0.25) is 9.59 Å². The number of aromatic hydroxyl groups is 1. The molecule has 1 aliphatic rings. The minimum atomic E-state index is -0.703. The number of halogens is 1. The van der Waals surface area contributed by atoms with Crippen molar-refractivity contribution in [2.24, 2.45) is 0 Å². The van der Waals surface area contributed by atoms with E-state index in [1.165, 1.54) is 4.57 Å². The number of thioether (sulfide) groups is 1. The Morgan fingerprint density at radius 1 is 1.33 bits per heavy atom. The predicted octanol–water partition coefficient (Wildman–Crippen LogP) is 3.00. The molecule has 0 aromatic carbocycles. The Hall–Kier alpha value is -2.26. The van der Waals surface area contributed by atoms with Gasteiger partial charge in [0.25, 0.3) is 11.5 Å². The average molecular weight is 448 g/mol. The van der Waals surface area contributed by atoms with Crippen LogP contribution in [0.5, 0.6) is 5.75 Å². The number of fused-ring (bicyclic) bond motifs is 1. The van der Waals surface area contributed by atoms with E-state index >= 15 is 0 Å². The lowest BCUT2D eigenvalue weighted by molar-refractivity contribution is -0.151. The van der Waals surface area contributed by atoms with Crippen LogP contribution < -0.4 is 5.56 Å². The molecule has 0 spiro atoms. The third kappa shape index (κ3) is 5.07. The first-order valence-electron chi connectivity index (χ1n) is 9.32. The van der Waals surface area contributed by atoms with Gasteiger partial charge in [0.15, 0.2) is 0 Å². The van der Waals surface area contributed by atoms with E-state index in [9.17, 15) is 19.5 Å². The van der Waals surface area contributed by atoms with Crippen molar-refractivity contribution in [3.8, 4) is 5.75 Å². The quantitative estimate of drug-likeness (QED) is 0.413. The van der Waals surface area contributed by atoms with Crippen molar-refractivity contribution in [2.75, 3.05) is 0 Å². The Balaban J connectivity index is 1.91. The lowest BCUT2D eigenvalue weighted by atomic mass is 9.67. The van der Waals surface area contributed by atoms with Crippen molar-refractivity contribution in [3.05, 3.63) is 56.2 Å². The van der Waals surface area contributed by atoms with Gasteiger partial charge in [-0.15, -0.1) is 0 Å². The van der Waals surface area contributed by atoms with Gasteiger partial charge >= 0.3 is 0 Å². The van der Waals surface area contributed by atoms with Crippen LogP contribution >= 0.6 is 23.4 Å². The molecule has 3 heterocycles. The second kappa shape index (κ2) is 8.85. The van der Waals surface area contributed by atoms with Crippen LogP contribution in [0.4, 0.5) is 0 Å². The van der Waals surface area contributed by atoms with Crippen molar-refractivity contribution >= 4 is 42.3 Å². The zero-order valence-corrected chi connectivity index (χ0v) is 18.5. The van der Waals surface area contributed by atoms with Gasteiger partial charge < -0.3 is 19.2 Å². The van der Waals surface area contributed by atoms with Gasteiger partial charge in [0.2, 0.25) is 7.28 Å². The number of nitrogens with zero attached hydrogens (tertiary/aromatic N) is 2. The molecule has 0 amide bonds. The molecule has 2 aromatic heterocycles. The molecule has 0 unspecified atom stereocenters. The molecule has 157 valence electrons. The van der Waals surface area contributed by atoms with Crippen LogP contribution in [0, 0.1) is 0 Å². The minimum absolute atomic E-state index is 0.193. The maximum absolute atomic E-state index is 13.1. The second-order valence-corrected chi connectivity index (χ2v) is 9.25. The largest absolute Gasteiger partial charge is 0.507 e. The fourth-order valence-electron chi connectivity index (χ4n) is 3.11. The number of rotatable bonds is 6. The van der Waals surface area contributed by atoms with E-state index in [4.69, 9.17) is 16.3 Å². The van der Waals surface area contributed by atoms with Crippen LogP contribution in [-0.4, -0.2) is 39.2 Å². The summed E-state index contributed by atoms with van der Waals surface area (Å²) in [6.07, 6.45) is 1.27. The molecule has 0 saturated carbocycles. The Morgan fingerprint density at radius 3 is 2.70 bits per heavy atom. The van der Waals surface area contributed by atoms with E-state index in [1.807, 2.05) is 0 Å². The molecule has 1 N–H and O–H groups in total. The molecule has 0 aliphatic carbocycles. The molecule has 3 rings (SSSR count). The molecule has 0 saturated heterocycles. The van der Waals surface area contributed by atoms with E-state index in [-0.39, 0.29) is 24.2 Å². The van der Waals surface area contributed by atoms with Crippen LogP contribution in [-0.2, 0) is 27.6 Å². The first-order valence-corrected chi connectivity index (χ1v) is 10.8. The van der Waals surface area contributed by atoms with Gasteiger partial charge in [-0.25, -0.2) is 4.98 Å². The summed E-state index contributed by atoms with van der Waals surface area (Å²) < 4.78 is 6.66. The normalized spacial score (nSPS) is 13.1. The number of carbonyl (C=O) groups excluding carboxylic acids is 2. The van der Waals surface area contributed by atoms with Crippen molar-refractivity contribution in [3.63, 3.8) is 0 Å². The maximum Gasteiger partial charge on any atom is 0.298 e. The SMILES string of the molecule is CC(C)(C)OC(=O)C[B]C(=O)c1c(O)c2c(n(Cc3ccc(Cl)nc3)c1=O)CSC2. The minimum Gasteiger partial charge on any atom is -0.507 e. The van der Waals surface area contributed by atoms with Crippen molar-refractivity contribution in [1.82, 2.24) is 9.55 Å². The number of hydrogen-bond donors (Lipinski definition) is 1. The highest BCUT2D eigenvalue weighted by Crippen LogP contribution is 2.36. The summed E-state index contributed by atoms with van der Waals surface area (Å²) in [7, 11) is 1.08. The van der Waals surface area contributed by atoms with Gasteiger partial charge in [0.1, 0.15) is 27.7 Å². The zero-order chi connectivity index (χ0) is 22.1. The summed E-state index contributed by atoms with van der Waals surface area (Å²) in [5.41, 5.74) is -0.332. The second-order valence-electron chi connectivity index (χ2n) is 7.88. The third-order valence-electron chi connectivity index (χ3n) is 4.39. The molecule has 0 bridgehead atoms. The number of aromatic nitrogens is 2. The van der Waals surface area contributed by atoms with Crippen LogP contribution in [0.2, 0.25) is 11.5 Å². The summed E-state index contributed by atoms with van der Waals surface area (Å²) in [6, 6.07) is 3.37. The lowest BCUT2D eigenvalue weighted by Crippen LogP contribution is -2.32. The molecule has 30 heavy (non-hydrogen) atoms. The first kappa shape index (κ1) is 22.4. The fourth-order valence-corrected chi connectivity index (χ4v) is 4.35. The van der Waals surface area contributed by atoms with Crippen LogP contribution in [0.25, 0.3) is 0 Å². The molecule has 10 heteroatoms. The van der Waals surface area contributed by atoms with Gasteiger partial charge in [-0.2, -0.15) is 11.8 Å². The van der Waals surface area contributed by atoms with E-state index in [0.29, 0.717) is 27.9 Å². The molecule has 7 nitrogen and oxygen atoms in total.